The zero-order valence-electron chi connectivity index (χ0n) is 16.6. The lowest BCUT2D eigenvalue weighted by atomic mass is 9.81. The number of carboxylic acids is 1. The Labute approximate surface area is 175 Å². The summed E-state index contributed by atoms with van der Waals surface area (Å²) in [6.45, 7) is 4.71. The Bertz CT molecular complexity index is 905. The standard InChI is InChI=1S/C17H20N4O3.C2HF3O2/c1-11-19-16(24-20-11)6-13-9-23-10-14-7-21(8-15(13)14)17(22)12-2-4-18-5-3-12;3-2(4,5)1(6)7/h2-5,13-15H,6-10H2,1H3;(H,6,7)/t13-,14-,15+;/m1./s1. The first-order valence-corrected chi connectivity index (χ1v) is 9.51. The van der Waals surface area contributed by atoms with Crippen molar-refractivity contribution in [2.45, 2.75) is 19.5 Å². The van der Waals surface area contributed by atoms with Crippen molar-refractivity contribution < 1.29 is 37.1 Å². The lowest BCUT2D eigenvalue weighted by Crippen LogP contribution is -2.36. The predicted octanol–water partition coefficient (Wildman–Crippen LogP) is 1.98. The number of aromatic nitrogens is 3. The van der Waals surface area contributed by atoms with Gasteiger partial charge in [0, 0.05) is 43.4 Å². The molecular formula is C19H21F3N4O5. The summed E-state index contributed by atoms with van der Waals surface area (Å²) < 4.78 is 42.8. The summed E-state index contributed by atoms with van der Waals surface area (Å²) in [5.41, 5.74) is 0.689. The number of hydrogen-bond donors (Lipinski definition) is 1. The number of carbonyl (C=O) groups is 2. The number of amides is 1. The molecule has 2 aliphatic heterocycles. The van der Waals surface area contributed by atoms with E-state index in [9.17, 15) is 18.0 Å². The van der Waals surface area contributed by atoms with Crippen molar-refractivity contribution in [2.24, 2.45) is 17.8 Å². The van der Waals surface area contributed by atoms with Gasteiger partial charge in [0.25, 0.3) is 5.91 Å². The third-order valence-electron chi connectivity index (χ3n) is 5.22. The highest BCUT2D eigenvalue weighted by Gasteiger charge is 2.43. The van der Waals surface area contributed by atoms with E-state index >= 15 is 0 Å². The Morgan fingerprint density at radius 2 is 1.90 bits per heavy atom. The second kappa shape index (κ2) is 9.41. The van der Waals surface area contributed by atoms with Crippen molar-refractivity contribution in [2.75, 3.05) is 26.3 Å². The zero-order valence-corrected chi connectivity index (χ0v) is 16.6. The largest absolute Gasteiger partial charge is 0.490 e. The molecule has 4 rings (SSSR count). The average Bonchev–Trinajstić information content (AvgIpc) is 3.34. The molecule has 0 saturated carbocycles. The van der Waals surface area contributed by atoms with Crippen molar-refractivity contribution >= 4 is 11.9 Å². The maximum atomic E-state index is 12.7. The molecule has 0 radical (unpaired) electrons. The molecule has 9 nitrogen and oxygen atoms in total. The number of nitrogens with zero attached hydrogens (tertiary/aromatic N) is 4. The number of aryl methyl sites for hydroxylation is 1. The molecule has 168 valence electrons. The van der Waals surface area contributed by atoms with E-state index in [2.05, 4.69) is 15.1 Å². The summed E-state index contributed by atoms with van der Waals surface area (Å²) in [5, 5.41) is 11.0. The monoisotopic (exact) mass is 442 g/mol. The molecule has 12 heteroatoms. The Morgan fingerprint density at radius 1 is 1.23 bits per heavy atom. The van der Waals surface area contributed by atoms with E-state index in [0.29, 0.717) is 54.7 Å². The highest BCUT2D eigenvalue weighted by atomic mass is 19.4. The van der Waals surface area contributed by atoms with E-state index in [4.69, 9.17) is 19.2 Å². The lowest BCUT2D eigenvalue weighted by Gasteiger charge is -2.31. The van der Waals surface area contributed by atoms with Gasteiger partial charge >= 0.3 is 12.1 Å². The number of ether oxygens (including phenoxy) is 1. The van der Waals surface area contributed by atoms with Crippen LogP contribution >= 0.6 is 0 Å². The van der Waals surface area contributed by atoms with Crippen LogP contribution in [0.2, 0.25) is 0 Å². The topological polar surface area (TPSA) is 119 Å². The van der Waals surface area contributed by atoms with Crippen molar-refractivity contribution in [1.29, 1.82) is 0 Å². The molecule has 0 aromatic carbocycles. The first-order chi connectivity index (χ1) is 14.6. The molecule has 0 aliphatic carbocycles. The number of hydrogen-bond acceptors (Lipinski definition) is 7. The third kappa shape index (κ3) is 5.78. The van der Waals surface area contributed by atoms with Crippen LogP contribution in [0.15, 0.2) is 29.0 Å². The number of halogens is 3. The number of alkyl halides is 3. The molecule has 0 spiro atoms. The van der Waals surface area contributed by atoms with Gasteiger partial charge < -0.3 is 19.3 Å². The van der Waals surface area contributed by atoms with Gasteiger partial charge in [-0.3, -0.25) is 9.78 Å². The third-order valence-corrected chi connectivity index (χ3v) is 5.22. The van der Waals surface area contributed by atoms with E-state index in [0.717, 1.165) is 13.1 Å². The maximum Gasteiger partial charge on any atom is 0.490 e. The second-order valence-electron chi connectivity index (χ2n) is 7.41. The van der Waals surface area contributed by atoms with Gasteiger partial charge in [-0.15, -0.1) is 0 Å². The van der Waals surface area contributed by atoms with Crippen molar-refractivity contribution in [3.8, 4) is 0 Å². The number of carboxylic acid groups (broad SMARTS) is 1. The van der Waals surface area contributed by atoms with Gasteiger partial charge in [-0.05, 0) is 30.9 Å². The summed E-state index contributed by atoms with van der Waals surface area (Å²) in [7, 11) is 0. The van der Waals surface area contributed by atoms with Gasteiger partial charge in [-0.2, -0.15) is 18.2 Å². The Morgan fingerprint density at radius 3 is 2.48 bits per heavy atom. The Balaban J connectivity index is 0.000000339. The summed E-state index contributed by atoms with van der Waals surface area (Å²) in [6, 6.07) is 3.53. The number of rotatable bonds is 3. The van der Waals surface area contributed by atoms with Crippen molar-refractivity contribution in [3.63, 3.8) is 0 Å². The Hall–Kier alpha value is -3.02. The van der Waals surface area contributed by atoms with Crippen LogP contribution in [0, 0.1) is 24.7 Å². The number of fused-ring (bicyclic) bond motifs is 1. The van der Waals surface area contributed by atoms with Gasteiger partial charge in [0.15, 0.2) is 5.82 Å². The molecule has 2 saturated heterocycles. The quantitative estimate of drug-likeness (QED) is 0.767. The first-order valence-electron chi connectivity index (χ1n) is 9.51. The van der Waals surface area contributed by atoms with Gasteiger partial charge in [-0.1, -0.05) is 5.16 Å². The molecule has 3 atom stereocenters. The van der Waals surface area contributed by atoms with Crippen LogP contribution in [0.5, 0.6) is 0 Å². The zero-order chi connectivity index (χ0) is 22.6. The number of pyridine rings is 1. The first kappa shape index (κ1) is 22.7. The second-order valence-corrected chi connectivity index (χ2v) is 7.41. The van der Waals surface area contributed by atoms with Gasteiger partial charge in [0.05, 0.1) is 13.2 Å². The van der Waals surface area contributed by atoms with Crippen LogP contribution in [0.3, 0.4) is 0 Å². The molecule has 2 aliphatic rings. The fourth-order valence-corrected chi connectivity index (χ4v) is 3.80. The molecule has 2 aromatic heterocycles. The van der Waals surface area contributed by atoms with Crippen LogP contribution in [0.4, 0.5) is 13.2 Å². The maximum absolute atomic E-state index is 12.7. The molecule has 2 fully saturated rings. The van der Waals surface area contributed by atoms with Crippen LogP contribution in [0.1, 0.15) is 22.1 Å². The predicted molar refractivity (Wildman–Crippen MR) is 97.9 cm³/mol. The summed E-state index contributed by atoms with van der Waals surface area (Å²) in [4.78, 5) is 31.8. The molecule has 0 bridgehead atoms. The Kier molecular flexibility index (Phi) is 6.88. The van der Waals surface area contributed by atoms with Crippen LogP contribution in [0.25, 0.3) is 0 Å². The highest BCUT2D eigenvalue weighted by molar-refractivity contribution is 5.94. The summed E-state index contributed by atoms with van der Waals surface area (Å²) >= 11 is 0. The van der Waals surface area contributed by atoms with Gasteiger partial charge in [0.1, 0.15) is 0 Å². The minimum atomic E-state index is -5.08. The summed E-state index contributed by atoms with van der Waals surface area (Å²) in [5.74, 6) is -0.291. The van der Waals surface area contributed by atoms with E-state index in [1.807, 2.05) is 11.8 Å². The molecule has 4 heterocycles. The van der Waals surface area contributed by atoms with E-state index < -0.39 is 12.1 Å². The van der Waals surface area contributed by atoms with Crippen LogP contribution in [-0.2, 0) is 16.0 Å². The highest BCUT2D eigenvalue weighted by Crippen LogP contribution is 2.36. The number of aliphatic carboxylic acids is 1. The number of carbonyl (C=O) groups excluding carboxylic acids is 1. The average molecular weight is 442 g/mol. The van der Waals surface area contributed by atoms with Crippen molar-refractivity contribution in [1.82, 2.24) is 20.0 Å². The fourth-order valence-electron chi connectivity index (χ4n) is 3.80. The minimum absolute atomic E-state index is 0.0687. The van der Waals surface area contributed by atoms with Gasteiger partial charge in [-0.25, -0.2) is 4.79 Å². The molecular weight excluding hydrogens is 421 g/mol. The smallest absolute Gasteiger partial charge is 0.475 e. The SMILES string of the molecule is Cc1noc(C[C@@H]2COC[C@H]3CN(C(=O)c4ccncc4)C[C@@H]23)n1.O=C(O)C(F)(F)F. The normalized spacial score (nSPS) is 23.0. The minimum Gasteiger partial charge on any atom is -0.475 e. The molecule has 1 amide bonds. The molecule has 31 heavy (non-hydrogen) atoms. The van der Waals surface area contributed by atoms with E-state index in [1.54, 1.807) is 24.5 Å². The molecule has 1 N–H and O–H groups in total. The van der Waals surface area contributed by atoms with E-state index in [1.165, 1.54) is 0 Å². The van der Waals surface area contributed by atoms with Crippen LogP contribution in [-0.4, -0.2) is 69.5 Å². The van der Waals surface area contributed by atoms with Crippen molar-refractivity contribution in [3.05, 3.63) is 41.8 Å². The molecule has 0 unspecified atom stereocenters. The molecule has 2 aromatic rings. The summed E-state index contributed by atoms with van der Waals surface area (Å²) in [6.07, 6.45) is -1.07. The number of likely N-dealkylation sites (tertiary alicyclic amines) is 1. The van der Waals surface area contributed by atoms with Crippen LogP contribution < -0.4 is 0 Å². The van der Waals surface area contributed by atoms with E-state index in [-0.39, 0.29) is 5.91 Å². The fraction of sp³-hybridized carbons (Fsp3) is 0.526. The van der Waals surface area contributed by atoms with Gasteiger partial charge in [0.2, 0.25) is 5.89 Å². The lowest BCUT2D eigenvalue weighted by molar-refractivity contribution is -0.192.